The van der Waals surface area contributed by atoms with Crippen molar-refractivity contribution in [1.29, 1.82) is 0 Å². The number of hydrogen-bond acceptors (Lipinski definition) is 4. The van der Waals surface area contributed by atoms with Gasteiger partial charge in [-0.1, -0.05) is 30.9 Å². The number of ether oxygens (including phenoxy) is 1. The van der Waals surface area contributed by atoms with Gasteiger partial charge in [-0.2, -0.15) is 0 Å². The van der Waals surface area contributed by atoms with Gasteiger partial charge in [-0.25, -0.2) is 0 Å². The second-order valence-corrected chi connectivity index (χ2v) is 6.33. The van der Waals surface area contributed by atoms with E-state index in [-0.39, 0.29) is 5.97 Å². The number of carbonyl (C=O) groups excluding carboxylic acids is 1. The Morgan fingerprint density at radius 1 is 1.10 bits per heavy atom. The van der Waals surface area contributed by atoms with Crippen LogP contribution in [0, 0.1) is 0 Å². The van der Waals surface area contributed by atoms with E-state index in [0.717, 1.165) is 0 Å². The van der Waals surface area contributed by atoms with E-state index in [2.05, 4.69) is 6.58 Å². The van der Waals surface area contributed by atoms with Crippen molar-refractivity contribution in [3.05, 3.63) is 37.0 Å². The predicted molar refractivity (Wildman–Crippen MR) is 84.8 cm³/mol. The van der Waals surface area contributed by atoms with Crippen LogP contribution in [0.4, 0.5) is 0 Å². The van der Waals surface area contributed by atoms with Crippen molar-refractivity contribution in [2.24, 2.45) is 0 Å². The van der Waals surface area contributed by atoms with E-state index >= 15 is 0 Å². The maximum Gasteiger partial charge on any atom is 0.303 e. The average Bonchev–Trinajstić information content (AvgIpc) is 2.25. The molecule has 120 valence electrons. The van der Waals surface area contributed by atoms with Crippen LogP contribution in [-0.2, 0) is 9.53 Å². The molecule has 0 aromatic heterocycles. The van der Waals surface area contributed by atoms with Crippen molar-refractivity contribution in [3.63, 3.8) is 0 Å². The topological polar surface area (TPSA) is 66.8 Å². The quantitative estimate of drug-likeness (QED) is 0.534. The molecule has 4 heteroatoms. The van der Waals surface area contributed by atoms with Gasteiger partial charge in [0.25, 0.3) is 0 Å². The molecule has 0 aromatic rings. The highest BCUT2D eigenvalue weighted by molar-refractivity contribution is 5.66. The highest BCUT2D eigenvalue weighted by Crippen LogP contribution is 2.20. The number of aliphatic hydroxyl groups is 2. The van der Waals surface area contributed by atoms with Crippen molar-refractivity contribution in [1.82, 2.24) is 0 Å². The maximum absolute atomic E-state index is 11.0. The third-order valence-corrected chi connectivity index (χ3v) is 2.87. The smallest absolute Gasteiger partial charge is 0.303 e. The molecule has 21 heavy (non-hydrogen) atoms. The summed E-state index contributed by atoms with van der Waals surface area (Å²) in [5.74, 6) is -0.370. The zero-order valence-corrected chi connectivity index (χ0v) is 13.7. The fourth-order valence-electron chi connectivity index (χ4n) is 1.70. The van der Waals surface area contributed by atoms with Crippen LogP contribution in [0.15, 0.2) is 37.0 Å². The van der Waals surface area contributed by atoms with Crippen LogP contribution in [0.2, 0.25) is 0 Å². The molecular formula is C17H28O4. The first kappa shape index (κ1) is 19.6. The van der Waals surface area contributed by atoms with Crippen molar-refractivity contribution in [2.75, 3.05) is 0 Å². The lowest BCUT2D eigenvalue weighted by Crippen LogP contribution is -2.28. The predicted octanol–water partition coefficient (Wildman–Crippen LogP) is 2.91. The van der Waals surface area contributed by atoms with Gasteiger partial charge in [-0.05, 0) is 40.2 Å². The van der Waals surface area contributed by atoms with Crippen LogP contribution in [0.25, 0.3) is 0 Å². The Bertz CT molecular complexity index is 413. The summed E-state index contributed by atoms with van der Waals surface area (Å²) >= 11 is 0. The first-order valence-electron chi connectivity index (χ1n) is 7.02. The summed E-state index contributed by atoms with van der Waals surface area (Å²) in [6, 6.07) is 0. The van der Waals surface area contributed by atoms with Crippen LogP contribution < -0.4 is 0 Å². The maximum atomic E-state index is 11.0. The van der Waals surface area contributed by atoms with Gasteiger partial charge in [0.15, 0.2) is 0 Å². The van der Waals surface area contributed by atoms with Crippen LogP contribution in [0.1, 0.15) is 47.5 Å². The Kier molecular flexibility index (Phi) is 7.07. The largest absolute Gasteiger partial charge is 0.455 e. The van der Waals surface area contributed by atoms with E-state index < -0.39 is 16.8 Å². The molecule has 0 rings (SSSR count). The Morgan fingerprint density at radius 3 is 2.05 bits per heavy atom. The van der Waals surface area contributed by atoms with Crippen molar-refractivity contribution < 1.29 is 19.7 Å². The van der Waals surface area contributed by atoms with E-state index in [1.165, 1.54) is 6.92 Å². The molecule has 0 aliphatic rings. The molecule has 0 amide bonds. The first-order valence-corrected chi connectivity index (χ1v) is 7.02. The Morgan fingerprint density at radius 2 is 1.62 bits per heavy atom. The molecule has 0 saturated carbocycles. The van der Waals surface area contributed by atoms with E-state index in [4.69, 9.17) is 4.74 Å². The molecular weight excluding hydrogens is 268 g/mol. The van der Waals surface area contributed by atoms with Crippen LogP contribution in [-0.4, -0.2) is 33.0 Å². The zero-order chi connectivity index (χ0) is 16.7. The molecule has 2 N–H and O–H groups in total. The van der Waals surface area contributed by atoms with Gasteiger partial charge < -0.3 is 14.9 Å². The minimum Gasteiger partial charge on any atom is -0.455 e. The van der Waals surface area contributed by atoms with Gasteiger partial charge in [-0.15, -0.1) is 0 Å². The summed E-state index contributed by atoms with van der Waals surface area (Å²) in [5.41, 5.74) is -2.70. The SMILES string of the molecule is C=CC(C)(C/C=C/C(C)(O)C/C=C/C(C)(C)O)OC(C)=O. The summed E-state index contributed by atoms with van der Waals surface area (Å²) in [4.78, 5) is 11.0. The van der Waals surface area contributed by atoms with Gasteiger partial charge in [0.2, 0.25) is 0 Å². The molecule has 0 aliphatic heterocycles. The fraction of sp³-hybridized carbons (Fsp3) is 0.588. The second-order valence-electron chi connectivity index (χ2n) is 6.33. The molecule has 2 atom stereocenters. The normalized spacial score (nSPS) is 18.4. The van der Waals surface area contributed by atoms with E-state index in [9.17, 15) is 15.0 Å². The molecule has 0 heterocycles. The highest BCUT2D eigenvalue weighted by Gasteiger charge is 2.23. The summed E-state index contributed by atoms with van der Waals surface area (Å²) in [6.07, 6.45) is 9.19. The lowest BCUT2D eigenvalue weighted by molar-refractivity contribution is -0.150. The number of hydrogen-bond donors (Lipinski definition) is 2. The molecule has 0 aromatic carbocycles. The van der Waals surface area contributed by atoms with E-state index in [1.54, 1.807) is 58.1 Å². The number of esters is 1. The molecule has 0 radical (unpaired) electrons. The summed E-state index contributed by atoms with van der Waals surface area (Å²) < 4.78 is 5.19. The highest BCUT2D eigenvalue weighted by atomic mass is 16.6. The van der Waals surface area contributed by atoms with Crippen molar-refractivity contribution >= 4 is 5.97 Å². The number of rotatable bonds is 8. The summed E-state index contributed by atoms with van der Waals surface area (Å²) in [5, 5.41) is 19.8. The minimum atomic E-state index is -1.03. The molecule has 2 unspecified atom stereocenters. The molecule has 0 fully saturated rings. The van der Waals surface area contributed by atoms with Crippen molar-refractivity contribution in [2.45, 2.75) is 64.3 Å². The fourth-order valence-corrected chi connectivity index (χ4v) is 1.70. The molecule has 4 nitrogen and oxygen atoms in total. The standard InChI is InChI=1S/C17H28O4/c1-7-17(6,21-14(2)18)13-9-12-16(5,20)11-8-10-15(3,4)19/h7-10,12,19-20H,1,11,13H2,2-6H3/b10-8+,12-9+. The van der Waals surface area contributed by atoms with E-state index in [1.807, 2.05) is 0 Å². The lowest BCUT2D eigenvalue weighted by Gasteiger charge is -2.24. The molecule has 0 spiro atoms. The van der Waals surface area contributed by atoms with Crippen LogP contribution in [0.3, 0.4) is 0 Å². The lowest BCUT2D eigenvalue weighted by atomic mass is 9.96. The van der Waals surface area contributed by atoms with Gasteiger partial charge in [-0.3, -0.25) is 4.79 Å². The summed E-state index contributed by atoms with van der Waals surface area (Å²) in [7, 11) is 0. The van der Waals surface area contributed by atoms with Crippen molar-refractivity contribution in [3.8, 4) is 0 Å². The van der Waals surface area contributed by atoms with Gasteiger partial charge in [0, 0.05) is 13.3 Å². The van der Waals surface area contributed by atoms with E-state index in [0.29, 0.717) is 12.8 Å². The molecule has 0 bridgehead atoms. The third kappa shape index (κ3) is 10.0. The van der Waals surface area contributed by atoms with Gasteiger partial charge >= 0.3 is 5.97 Å². The molecule has 0 aliphatic carbocycles. The monoisotopic (exact) mass is 296 g/mol. The van der Waals surface area contributed by atoms with Crippen LogP contribution >= 0.6 is 0 Å². The Labute approximate surface area is 127 Å². The van der Waals surface area contributed by atoms with Crippen LogP contribution in [0.5, 0.6) is 0 Å². The first-order chi connectivity index (χ1) is 9.39. The minimum absolute atomic E-state index is 0.370. The average molecular weight is 296 g/mol. The zero-order valence-electron chi connectivity index (χ0n) is 13.7. The Balaban J connectivity index is 4.60. The number of carbonyl (C=O) groups is 1. The Hall–Kier alpha value is -1.39. The van der Waals surface area contributed by atoms with Gasteiger partial charge in [0.05, 0.1) is 11.2 Å². The molecule has 0 saturated heterocycles. The third-order valence-electron chi connectivity index (χ3n) is 2.87. The second kappa shape index (κ2) is 7.57. The van der Waals surface area contributed by atoms with Gasteiger partial charge in [0.1, 0.15) is 5.60 Å². The summed E-state index contributed by atoms with van der Waals surface area (Å²) in [6.45, 7) is 11.8.